The van der Waals surface area contributed by atoms with E-state index < -0.39 is 0 Å². The first-order chi connectivity index (χ1) is 10.3. The zero-order chi connectivity index (χ0) is 14.7. The fourth-order valence-corrected chi connectivity index (χ4v) is 3.76. The van der Waals surface area contributed by atoms with E-state index in [1.165, 1.54) is 4.88 Å². The molecule has 1 aliphatic carbocycles. The Morgan fingerprint density at radius 3 is 2.86 bits per heavy atom. The van der Waals surface area contributed by atoms with Crippen molar-refractivity contribution in [1.29, 1.82) is 0 Å². The van der Waals surface area contributed by atoms with Crippen LogP contribution in [0.4, 0.5) is 0 Å². The van der Waals surface area contributed by atoms with Crippen molar-refractivity contribution in [1.82, 2.24) is 0 Å². The number of ether oxygens (including phenoxy) is 1. The molecular weight excluding hydrogens is 280 g/mol. The van der Waals surface area contributed by atoms with Gasteiger partial charge in [0.1, 0.15) is 5.75 Å². The molecule has 1 fully saturated rings. The van der Waals surface area contributed by atoms with Gasteiger partial charge in [-0.2, -0.15) is 0 Å². The summed E-state index contributed by atoms with van der Waals surface area (Å²) in [7, 11) is 1.66. The van der Waals surface area contributed by atoms with E-state index in [-0.39, 0.29) is 11.7 Å². The van der Waals surface area contributed by atoms with Gasteiger partial charge in [-0.15, -0.1) is 11.3 Å². The summed E-state index contributed by atoms with van der Waals surface area (Å²) in [6.45, 7) is 0. The highest BCUT2D eigenvalue weighted by atomic mass is 32.1. The number of Topliss-reactive ketones (excluding diaryl/α,β-unsaturated/α-hetero) is 1. The van der Waals surface area contributed by atoms with Gasteiger partial charge in [0.25, 0.3) is 0 Å². The van der Waals surface area contributed by atoms with Crippen molar-refractivity contribution in [2.24, 2.45) is 0 Å². The average Bonchev–Trinajstić information content (AvgIpc) is 3.04. The topological polar surface area (TPSA) is 26.3 Å². The van der Waals surface area contributed by atoms with Crippen molar-refractivity contribution in [2.75, 3.05) is 7.11 Å². The molecule has 1 atom stereocenters. The van der Waals surface area contributed by atoms with Gasteiger partial charge in [0.2, 0.25) is 0 Å². The van der Waals surface area contributed by atoms with Gasteiger partial charge < -0.3 is 4.74 Å². The van der Waals surface area contributed by atoms with Crippen molar-refractivity contribution in [3.63, 3.8) is 0 Å². The van der Waals surface area contributed by atoms with Gasteiger partial charge in [-0.05, 0) is 36.4 Å². The molecule has 1 saturated carbocycles. The molecule has 1 aliphatic rings. The second-order valence-electron chi connectivity index (χ2n) is 5.23. The first-order valence-electron chi connectivity index (χ1n) is 7.21. The number of para-hydroxylation sites is 1. The molecule has 3 rings (SSSR count). The Kier molecular flexibility index (Phi) is 4.20. The van der Waals surface area contributed by atoms with Crippen LogP contribution in [0.15, 0.2) is 47.4 Å². The van der Waals surface area contributed by atoms with E-state index in [0.717, 1.165) is 29.7 Å². The highest BCUT2D eigenvalue weighted by Gasteiger charge is 2.27. The third-order valence-electron chi connectivity index (χ3n) is 3.93. The van der Waals surface area contributed by atoms with E-state index in [0.29, 0.717) is 6.42 Å². The minimum atomic E-state index is 0.233. The van der Waals surface area contributed by atoms with Crippen molar-refractivity contribution in [3.05, 3.63) is 57.8 Å². The second-order valence-corrected chi connectivity index (χ2v) is 6.20. The highest BCUT2D eigenvalue weighted by molar-refractivity contribution is 7.10. The van der Waals surface area contributed by atoms with Crippen LogP contribution >= 0.6 is 11.3 Å². The van der Waals surface area contributed by atoms with Crippen LogP contribution in [0.1, 0.15) is 35.6 Å². The molecule has 3 heteroatoms. The number of ketones is 1. The molecule has 2 aromatic rings. The maximum Gasteiger partial charge on any atom is 0.159 e. The second kappa shape index (κ2) is 6.27. The van der Waals surface area contributed by atoms with E-state index in [4.69, 9.17) is 4.74 Å². The molecule has 0 N–H and O–H groups in total. The van der Waals surface area contributed by atoms with Gasteiger partial charge in [0.05, 0.1) is 7.11 Å². The number of benzene rings is 1. The van der Waals surface area contributed by atoms with E-state index in [2.05, 4.69) is 17.5 Å². The number of rotatable bonds is 3. The Hall–Kier alpha value is -1.87. The number of methoxy groups -OCH3 is 1. The lowest BCUT2D eigenvalue weighted by molar-refractivity contribution is -0.116. The van der Waals surface area contributed by atoms with Gasteiger partial charge in [0, 0.05) is 28.4 Å². The van der Waals surface area contributed by atoms with Gasteiger partial charge in [-0.25, -0.2) is 0 Å². The molecule has 1 aromatic heterocycles. The molecule has 0 saturated heterocycles. The van der Waals surface area contributed by atoms with Crippen molar-refractivity contribution in [3.8, 4) is 5.75 Å². The van der Waals surface area contributed by atoms with E-state index in [9.17, 15) is 4.79 Å². The van der Waals surface area contributed by atoms with Crippen LogP contribution in [0.2, 0.25) is 0 Å². The maximum atomic E-state index is 12.4. The minimum absolute atomic E-state index is 0.233. The van der Waals surface area contributed by atoms with E-state index >= 15 is 0 Å². The molecule has 1 heterocycles. The normalized spacial score (nSPS) is 20.7. The Morgan fingerprint density at radius 2 is 2.10 bits per heavy atom. The zero-order valence-corrected chi connectivity index (χ0v) is 12.9. The van der Waals surface area contributed by atoms with Crippen LogP contribution in [-0.4, -0.2) is 12.9 Å². The molecule has 1 aromatic carbocycles. The van der Waals surface area contributed by atoms with Crippen LogP contribution in [0.3, 0.4) is 0 Å². The summed E-state index contributed by atoms with van der Waals surface area (Å²) in [6, 6.07) is 12.0. The average molecular weight is 298 g/mol. The summed E-state index contributed by atoms with van der Waals surface area (Å²) in [5.41, 5.74) is 1.90. The standard InChI is InChI=1S/C18H18O2S/c1-20-17-9-3-2-6-13(17)12-15-14(7-4-8-16(15)19)18-10-5-11-21-18/h2-3,5-6,9-12,14H,4,7-8H2,1H3/b15-12-. The lowest BCUT2D eigenvalue weighted by atomic mass is 9.81. The molecule has 0 bridgehead atoms. The van der Waals surface area contributed by atoms with E-state index in [1.807, 2.05) is 30.3 Å². The summed E-state index contributed by atoms with van der Waals surface area (Å²) in [6.07, 6.45) is 4.70. The molecule has 0 amide bonds. The van der Waals surface area contributed by atoms with Gasteiger partial charge in [0.15, 0.2) is 5.78 Å². The number of allylic oxidation sites excluding steroid dienone is 1. The monoisotopic (exact) mass is 298 g/mol. The summed E-state index contributed by atoms with van der Waals surface area (Å²) in [4.78, 5) is 13.7. The Labute approximate surface area is 129 Å². The van der Waals surface area contributed by atoms with Gasteiger partial charge >= 0.3 is 0 Å². The molecule has 2 nitrogen and oxygen atoms in total. The van der Waals surface area contributed by atoms with Crippen LogP contribution in [-0.2, 0) is 4.79 Å². The third-order valence-corrected chi connectivity index (χ3v) is 4.92. The van der Waals surface area contributed by atoms with Crippen LogP contribution in [0.5, 0.6) is 5.75 Å². The fraction of sp³-hybridized carbons (Fsp3) is 0.278. The third kappa shape index (κ3) is 2.93. The molecule has 21 heavy (non-hydrogen) atoms. The first-order valence-corrected chi connectivity index (χ1v) is 8.09. The Bertz CT molecular complexity index is 656. The Morgan fingerprint density at radius 1 is 1.24 bits per heavy atom. The predicted molar refractivity (Wildman–Crippen MR) is 86.9 cm³/mol. The number of carbonyl (C=O) groups is 1. The first kappa shape index (κ1) is 14.1. The number of hydrogen-bond acceptors (Lipinski definition) is 3. The zero-order valence-electron chi connectivity index (χ0n) is 12.0. The van der Waals surface area contributed by atoms with Gasteiger partial charge in [-0.3, -0.25) is 4.79 Å². The number of thiophene rings is 1. The minimum Gasteiger partial charge on any atom is -0.496 e. The van der Waals surface area contributed by atoms with Crippen LogP contribution in [0.25, 0.3) is 6.08 Å². The molecule has 1 unspecified atom stereocenters. The Balaban J connectivity index is 2.03. The number of hydrogen-bond donors (Lipinski definition) is 0. The van der Waals surface area contributed by atoms with Crippen LogP contribution < -0.4 is 4.74 Å². The van der Waals surface area contributed by atoms with Crippen LogP contribution in [0, 0.1) is 0 Å². The molecule has 0 aliphatic heterocycles. The summed E-state index contributed by atoms with van der Waals surface area (Å²) in [5.74, 6) is 1.31. The van der Waals surface area contributed by atoms with Crippen molar-refractivity contribution in [2.45, 2.75) is 25.2 Å². The molecule has 0 spiro atoms. The SMILES string of the molecule is COc1ccccc1/C=C1\C(=O)CCCC1c1cccs1. The summed E-state index contributed by atoms with van der Waals surface area (Å²) >= 11 is 1.73. The fourth-order valence-electron chi connectivity index (χ4n) is 2.88. The smallest absolute Gasteiger partial charge is 0.159 e. The van der Waals surface area contributed by atoms with Crippen molar-refractivity contribution < 1.29 is 9.53 Å². The predicted octanol–water partition coefficient (Wildman–Crippen LogP) is 4.68. The molecule has 0 radical (unpaired) electrons. The van der Waals surface area contributed by atoms with Crippen molar-refractivity contribution >= 4 is 23.2 Å². The quantitative estimate of drug-likeness (QED) is 0.769. The molecular formula is C18H18O2S. The lowest BCUT2D eigenvalue weighted by Gasteiger charge is -2.23. The molecule has 108 valence electrons. The largest absolute Gasteiger partial charge is 0.496 e. The maximum absolute atomic E-state index is 12.4. The summed E-state index contributed by atoms with van der Waals surface area (Å²) < 4.78 is 5.39. The number of carbonyl (C=O) groups excluding carboxylic acids is 1. The summed E-state index contributed by atoms with van der Waals surface area (Å²) in [5, 5.41) is 2.08. The van der Waals surface area contributed by atoms with E-state index in [1.54, 1.807) is 18.4 Å². The van der Waals surface area contributed by atoms with Gasteiger partial charge in [-0.1, -0.05) is 24.3 Å². The lowest BCUT2D eigenvalue weighted by Crippen LogP contribution is -2.17. The highest BCUT2D eigenvalue weighted by Crippen LogP contribution is 2.39.